The summed E-state index contributed by atoms with van der Waals surface area (Å²) in [6.45, 7) is 5.65. The van der Waals surface area contributed by atoms with Crippen molar-refractivity contribution in [2.75, 3.05) is 18.1 Å². The molecule has 2 rings (SSSR count). The van der Waals surface area contributed by atoms with E-state index in [1.807, 2.05) is 37.3 Å². The molecular weight excluding hydrogens is 448 g/mol. The fraction of sp³-hybridized carbons (Fsp3) is 0.609. The summed E-state index contributed by atoms with van der Waals surface area (Å²) in [5.41, 5.74) is 1.09. The van der Waals surface area contributed by atoms with Gasteiger partial charge in [0.2, 0.25) is 5.91 Å². The Labute approximate surface area is 198 Å². The minimum absolute atomic E-state index is 0.242. The van der Waals surface area contributed by atoms with Crippen molar-refractivity contribution in [1.29, 1.82) is 0 Å². The molecule has 1 amide bonds. The highest BCUT2D eigenvalue weighted by molar-refractivity contribution is 8.18. The van der Waals surface area contributed by atoms with E-state index in [1.165, 1.54) is 0 Å². The molecule has 0 saturated carbocycles. The molecule has 0 spiro atoms. The van der Waals surface area contributed by atoms with Crippen LogP contribution in [0.15, 0.2) is 30.3 Å². The molecule has 7 nitrogen and oxygen atoms in total. The lowest BCUT2D eigenvalue weighted by Gasteiger charge is -2.34. The molecule has 1 aliphatic heterocycles. The number of esters is 1. The van der Waals surface area contributed by atoms with Crippen molar-refractivity contribution in [2.45, 2.75) is 68.7 Å². The molecule has 3 N–H and O–H groups in total. The summed E-state index contributed by atoms with van der Waals surface area (Å²) in [5.74, 6) is 0.0696. The SMILES string of the molecule is CCOC(=O)[C@H](CCc1ccccc1)NC(C)C(=O)N[C@@H](CC1(C)SCCCS1)C(=O)O. The van der Waals surface area contributed by atoms with E-state index in [2.05, 4.69) is 10.6 Å². The van der Waals surface area contributed by atoms with E-state index in [9.17, 15) is 19.5 Å². The van der Waals surface area contributed by atoms with Crippen molar-refractivity contribution in [1.82, 2.24) is 10.6 Å². The number of carbonyl (C=O) groups is 3. The Bertz CT molecular complexity index is 756. The second-order valence-corrected chi connectivity index (χ2v) is 11.5. The first-order valence-electron chi connectivity index (χ1n) is 11.0. The van der Waals surface area contributed by atoms with Crippen molar-refractivity contribution in [2.24, 2.45) is 0 Å². The number of ether oxygens (including phenoxy) is 1. The summed E-state index contributed by atoms with van der Waals surface area (Å²) in [6, 6.07) is 7.37. The van der Waals surface area contributed by atoms with Crippen LogP contribution in [0.25, 0.3) is 0 Å². The Morgan fingerprint density at radius 2 is 1.81 bits per heavy atom. The largest absolute Gasteiger partial charge is 0.480 e. The number of hydrogen-bond acceptors (Lipinski definition) is 7. The summed E-state index contributed by atoms with van der Waals surface area (Å²) < 4.78 is 4.93. The van der Waals surface area contributed by atoms with Crippen LogP contribution in [0, 0.1) is 0 Å². The predicted molar refractivity (Wildman–Crippen MR) is 130 cm³/mol. The average molecular weight is 483 g/mol. The highest BCUT2D eigenvalue weighted by Crippen LogP contribution is 2.44. The van der Waals surface area contributed by atoms with Crippen molar-refractivity contribution in [3.63, 3.8) is 0 Å². The number of hydrogen-bond donors (Lipinski definition) is 3. The number of thioether (sulfide) groups is 2. The first-order valence-corrected chi connectivity index (χ1v) is 13.0. The van der Waals surface area contributed by atoms with E-state index in [0.717, 1.165) is 23.5 Å². The lowest BCUT2D eigenvalue weighted by atomic mass is 10.0. The van der Waals surface area contributed by atoms with Gasteiger partial charge in [-0.3, -0.25) is 14.9 Å². The first kappa shape index (κ1) is 26.5. The zero-order valence-electron chi connectivity index (χ0n) is 19.0. The summed E-state index contributed by atoms with van der Waals surface area (Å²) >= 11 is 3.49. The molecule has 0 aliphatic carbocycles. The fourth-order valence-electron chi connectivity index (χ4n) is 3.51. The molecule has 178 valence electrons. The van der Waals surface area contributed by atoms with Gasteiger partial charge in [-0.15, -0.1) is 23.5 Å². The maximum atomic E-state index is 12.8. The third-order valence-corrected chi connectivity index (χ3v) is 8.52. The van der Waals surface area contributed by atoms with Crippen molar-refractivity contribution in [3.05, 3.63) is 35.9 Å². The van der Waals surface area contributed by atoms with Crippen LogP contribution in [-0.2, 0) is 25.5 Å². The summed E-state index contributed by atoms with van der Waals surface area (Å²) in [7, 11) is 0. The number of amides is 1. The molecule has 9 heteroatoms. The number of carbonyl (C=O) groups excluding carboxylic acids is 2. The molecule has 1 heterocycles. The van der Waals surface area contributed by atoms with Gasteiger partial charge >= 0.3 is 11.9 Å². The van der Waals surface area contributed by atoms with Crippen LogP contribution in [0.2, 0.25) is 0 Å². The zero-order chi connectivity index (χ0) is 23.6. The van der Waals surface area contributed by atoms with E-state index in [1.54, 1.807) is 37.4 Å². The van der Waals surface area contributed by atoms with Crippen LogP contribution < -0.4 is 10.6 Å². The Balaban J connectivity index is 1.98. The standard InChI is InChI=1S/C23H34N2O5S2/c1-4-30-22(29)18(12-11-17-9-6-5-7-10-17)24-16(2)20(26)25-19(21(27)28)15-23(3)31-13-8-14-32-23/h5-7,9-10,16,18-19,24H,4,8,11-15H2,1-3H3,(H,25,26)(H,27,28)/t16?,18-,19-/m0/s1. The second-order valence-electron chi connectivity index (χ2n) is 8.01. The molecule has 3 atom stereocenters. The molecule has 1 saturated heterocycles. The second kappa shape index (κ2) is 13.1. The highest BCUT2D eigenvalue weighted by atomic mass is 32.2. The van der Waals surface area contributed by atoms with Crippen LogP contribution in [-0.4, -0.2) is 63.3 Å². The van der Waals surface area contributed by atoms with Crippen LogP contribution >= 0.6 is 23.5 Å². The number of nitrogens with one attached hydrogen (secondary N) is 2. The van der Waals surface area contributed by atoms with Crippen LogP contribution in [0.4, 0.5) is 0 Å². The number of benzene rings is 1. The van der Waals surface area contributed by atoms with Crippen LogP contribution in [0.5, 0.6) is 0 Å². The van der Waals surface area contributed by atoms with Crippen molar-refractivity contribution >= 4 is 41.4 Å². The van der Waals surface area contributed by atoms with Gasteiger partial charge in [0, 0.05) is 6.42 Å². The minimum Gasteiger partial charge on any atom is -0.480 e. The zero-order valence-corrected chi connectivity index (χ0v) is 20.6. The molecule has 0 aromatic heterocycles. The smallest absolute Gasteiger partial charge is 0.326 e. The van der Waals surface area contributed by atoms with Gasteiger partial charge in [0.05, 0.1) is 16.7 Å². The lowest BCUT2D eigenvalue weighted by molar-refractivity contribution is -0.147. The van der Waals surface area contributed by atoms with E-state index < -0.39 is 36.0 Å². The Hall–Kier alpha value is -1.71. The van der Waals surface area contributed by atoms with Gasteiger partial charge in [0.15, 0.2) is 0 Å². The molecule has 1 aromatic carbocycles. The lowest BCUT2D eigenvalue weighted by Crippen LogP contribution is -2.54. The van der Waals surface area contributed by atoms with Gasteiger partial charge in [0.25, 0.3) is 0 Å². The number of aliphatic carboxylic acids is 1. The third-order valence-electron chi connectivity index (χ3n) is 5.27. The molecule has 1 unspecified atom stereocenters. The topological polar surface area (TPSA) is 105 Å². The number of carboxylic acid groups (broad SMARTS) is 1. The van der Waals surface area contributed by atoms with Gasteiger partial charge < -0.3 is 15.2 Å². The van der Waals surface area contributed by atoms with Crippen molar-refractivity contribution < 1.29 is 24.2 Å². The molecular formula is C23H34N2O5S2. The average Bonchev–Trinajstić information content (AvgIpc) is 2.77. The van der Waals surface area contributed by atoms with Crippen LogP contribution in [0.3, 0.4) is 0 Å². The maximum absolute atomic E-state index is 12.8. The molecule has 0 bridgehead atoms. The number of rotatable bonds is 12. The number of carboxylic acids is 1. The van der Waals surface area contributed by atoms with Gasteiger partial charge in [-0.2, -0.15) is 0 Å². The van der Waals surface area contributed by atoms with E-state index in [0.29, 0.717) is 19.3 Å². The van der Waals surface area contributed by atoms with Crippen LogP contribution in [0.1, 0.15) is 45.6 Å². The van der Waals surface area contributed by atoms with E-state index in [4.69, 9.17) is 4.74 Å². The minimum atomic E-state index is -1.05. The molecule has 1 aliphatic rings. The van der Waals surface area contributed by atoms with Gasteiger partial charge in [0.1, 0.15) is 12.1 Å². The molecule has 1 aromatic rings. The van der Waals surface area contributed by atoms with Gasteiger partial charge in [-0.25, -0.2) is 4.79 Å². The summed E-state index contributed by atoms with van der Waals surface area (Å²) in [6.07, 6.45) is 2.56. The van der Waals surface area contributed by atoms with E-state index in [-0.39, 0.29) is 10.7 Å². The first-order chi connectivity index (χ1) is 15.2. The Morgan fingerprint density at radius 3 is 2.41 bits per heavy atom. The fourth-order valence-corrected chi connectivity index (χ4v) is 6.53. The number of aryl methyl sites for hydroxylation is 1. The van der Waals surface area contributed by atoms with Gasteiger partial charge in [-0.05, 0) is 57.1 Å². The van der Waals surface area contributed by atoms with Gasteiger partial charge in [-0.1, -0.05) is 30.3 Å². The monoisotopic (exact) mass is 482 g/mol. The maximum Gasteiger partial charge on any atom is 0.326 e. The summed E-state index contributed by atoms with van der Waals surface area (Å²) in [4.78, 5) is 37.1. The predicted octanol–water partition coefficient (Wildman–Crippen LogP) is 3.07. The van der Waals surface area contributed by atoms with E-state index >= 15 is 0 Å². The Kier molecular flexibility index (Phi) is 10.9. The Morgan fingerprint density at radius 1 is 1.16 bits per heavy atom. The highest BCUT2D eigenvalue weighted by Gasteiger charge is 2.36. The molecule has 0 radical (unpaired) electrons. The molecule has 1 fully saturated rings. The quantitative estimate of drug-likeness (QED) is 0.391. The third kappa shape index (κ3) is 8.67. The van der Waals surface area contributed by atoms with Crippen molar-refractivity contribution in [3.8, 4) is 0 Å². The molecule has 32 heavy (non-hydrogen) atoms. The summed E-state index contributed by atoms with van der Waals surface area (Å²) in [5, 5.41) is 15.4. The normalized spacial score (nSPS) is 18.2.